The second-order valence-corrected chi connectivity index (χ2v) is 16.7. The fraction of sp³-hybridized carbons (Fsp3) is 0.578. The first-order valence-electron chi connectivity index (χ1n) is 20.9. The molecule has 2 aliphatic rings. The molecule has 0 saturated heterocycles. The lowest BCUT2D eigenvalue weighted by Crippen LogP contribution is -2.66. The number of carbonyl (C=O) groups excluding carboxylic acids is 3. The number of methoxy groups -OCH3 is 1. The van der Waals surface area contributed by atoms with Crippen molar-refractivity contribution in [2.45, 2.75) is 104 Å². The number of benzene rings is 2. The van der Waals surface area contributed by atoms with Crippen LogP contribution < -0.4 is 20.7 Å². The number of carboxylic acid groups (broad SMARTS) is 1. The van der Waals surface area contributed by atoms with Crippen molar-refractivity contribution >= 4 is 23.7 Å². The van der Waals surface area contributed by atoms with Crippen molar-refractivity contribution < 1.29 is 29.0 Å². The molecule has 2 bridgehead atoms. The van der Waals surface area contributed by atoms with E-state index in [-0.39, 0.29) is 35.3 Å². The number of ether oxygens (including phenoxy) is 1. The Morgan fingerprint density at radius 2 is 1.70 bits per heavy atom. The van der Waals surface area contributed by atoms with E-state index in [0.717, 1.165) is 74.7 Å². The number of aryl methyl sites for hydroxylation is 1. The predicted molar refractivity (Wildman–Crippen MR) is 223 cm³/mol. The van der Waals surface area contributed by atoms with Gasteiger partial charge in [-0.3, -0.25) is 14.4 Å². The lowest BCUT2D eigenvalue weighted by Gasteiger charge is -2.52. The van der Waals surface area contributed by atoms with Gasteiger partial charge in [0, 0.05) is 30.6 Å². The molecule has 310 valence electrons. The number of rotatable bonds is 18. The lowest BCUT2D eigenvalue weighted by atomic mass is 9.56. The molecule has 57 heavy (non-hydrogen) atoms. The molecule has 5 atom stereocenters. The molecule has 0 spiro atoms. The Balaban J connectivity index is 1.42. The number of carboxylic acids is 1. The van der Waals surface area contributed by atoms with Crippen LogP contribution in [-0.4, -0.2) is 89.4 Å². The molecule has 5 rings (SSSR count). The fourth-order valence-corrected chi connectivity index (χ4v) is 9.28. The van der Waals surface area contributed by atoms with Crippen LogP contribution in [0, 0.1) is 30.6 Å². The summed E-state index contributed by atoms with van der Waals surface area (Å²) in [6.07, 6.45) is 6.57. The van der Waals surface area contributed by atoms with Gasteiger partial charge in [-0.2, -0.15) is 5.10 Å². The molecule has 1 heterocycles. The largest absolute Gasteiger partial charge is 0.496 e. The maximum atomic E-state index is 14.4. The summed E-state index contributed by atoms with van der Waals surface area (Å²) in [7, 11) is 3.64. The molecular formula is C45H64N6O6. The molecule has 12 nitrogen and oxygen atoms in total. The summed E-state index contributed by atoms with van der Waals surface area (Å²) in [6.45, 7) is 14.9. The van der Waals surface area contributed by atoms with Crippen LogP contribution >= 0.6 is 0 Å². The first kappa shape index (κ1) is 43.4. The highest BCUT2D eigenvalue weighted by atomic mass is 16.5. The van der Waals surface area contributed by atoms with Crippen LogP contribution in [0.1, 0.15) is 124 Å². The van der Waals surface area contributed by atoms with Crippen LogP contribution in [0.3, 0.4) is 0 Å². The number of aliphatic carboxylic acids is 1. The Labute approximate surface area is 338 Å². The molecule has 0 aliphatic heterocycles. The SMILES string of the molecule is CCC(=O)NCCCN(C)CCCNC(=O)c1ccc(-n2nc(C(=O)NC3(C(=O)O)C(C)CC4CC(CC)CC3C4)cc2-c2c(C)cccc2OC)c(C(C)C)c1. The zero-order valence-electron chi connectivity index (χ0n) is 35.2. The van der Waals surface area contributed by atoms with Crippen molar-refractivity contribution in [3.05, 3.63) is 64.8 Å². The summed E-state index contributed by atoms with van der Waals surface area (Å²) in [5, 5.41) is 24.8. The lowest BCUT2D eigenvalue weighted by molar-refractivity contribution is -0.155. The first-order chi connectivity index (χ1) is 27.2. The van der Waals surface area contributed by atoms with Crippen molar-refractivity contribution in [2.75, 3.05) is 40.3 Å². The zero-order chi connectivity index (χ0) is 41.4. The van der Waals surface area contributed by atoms with Gasteiger partial charge in [-0.25, -0.2) is 9.48 Å². The molecule has 2 aliphatic carbocycles. The third-order valence-corrected chi connectivity index (χ3v) is 12.4. The van der Waals surface area contributed by atoms with E-state index in [1.165, 1.54) is 0 Å². The topological polar surface area (TPSA) is 155 Å². The highest BCUT2D eigenvalue weighted by Gasteiger charge is 2.57. The maximum absolute atomic E-state index is 14.4. The molecule has 2 saturated carbocycles. The highest BCUT2D eigenvalue weighted by Crippen LogP contribution is 2.51. The quantitative estimate of drug-likeness (QED) is 0.101. The number of hydrogen-bond donors (Lipinski definition) is 4. The molecule has 4 N–H and O–H groups in total. The predicted octanol–water partition coefficient (Wildman–Crippen LogP) is 6.98. The minimum atomic E-state index is -1.40. The van der Waals surface area contributed by atoms with Crippen molar-refractivity contribution in [1.82, 2.24) is 30.6 Å². The van der Waals surface area contributed by atoms with Crippen molar-refractivity contribution in [3.8, 4) is 22.7 Å². The van der Waals surface area contributed by atoms with Crippen LogP contribution in [0.5, 0.6) is 5.75 Å². The molecule has 12 heteroatoms. The number of aromatic nitrogens is 2. The third-order valence-electron chi connectivity index (χ3n) is 12.4. The molecule has 3 amide bonds. The third kappa shape index (κ3) is 9.71. The van der Waals surface area contributed by atoms with E-state index in [1.807, 2.05) is 58.2 Å². The summed E-state index contributed by atoms with van der Waals surface area (Å²) in [4.78, 5) is 54.8. The number of nitrogens with one attached hydrogen (secondary N) is 3. The summed E-state index contributed by atoms with van der Waals surface area (Å²) < 4.78 is 7.56. The Hall–Kier alpha value is -4.71. The van der Waals surface area contributed by atoms with E-state index < -0.39 is 17.4 Å². The van der Waals surface area contributed by atoms with Gasteiger partial charge in [-0.15, -0.1) is 0 Å². The van der Waals surface area contributed by atoms with Gasteiger partial charge < -0.3 is 30.7 Å². The van der Waals surface area contributed by atoms with Gasteiger partial charge in [-0.05, 0) is 137 Å². The smallest absolute Gasteiger partial charge is 0.329 e. The molecule has 5 unspecified atom stereocenters. The van der Waals surface area contributed by atoms with Crippen molar-refractivity contribution in [1.29, 1.82) is 0 Å². The summed E-state index contributed by atoms with van der Waals surface area (Å²) in [5.41, 5.74) is 3.11. The van der Waals surface area contributed by atoms with Gasteiger partial charge >= 0.3 is 5.97 Å². The summed E-state index contributed by atoms with van der Waals surface area (Å²) >= 11 is 0. The van der Waals surface area contributed by atoms with E-state index in [1.54, 1.807) is 23.9 Å². The van der Waals surface area contributed by atoms with Gasteiger partial charge in [0.05, 0.1) is 18.5 Å². The van der Waals surface area contributed by atoms with Crippen molar-refractivity contribution in [3.63, 3.8) is 0 Å². The average molecular weight is 785 g/mol. The molecule has 2 fully saturated rings. The standard InChI is InChI=1S/C45H64N6O6/c1-9-31-23-32-22-30(6)45(44(55)56,34(24-31)25-32)48-43(54)36-27-38(41-29(5)14-11-15-39(41)57-8)51(49-36)37-17-16-33(26-35(37)28(3)4)42(53)47-19-13-21-50(7)20-12-18-46-40(52)10-2/h11,14-17,26-28,30-32,34H,9-10,12-13,18-25H2,1-8H3,(H,46,52)(H,47,53)(H,48,54)(H,55,56). The summed E-state index contributed by atoms with van der Waals surface area (Å²) in [6, 6.07) is 13.0. The second-order valence-electron chi connectivity index (χ2n) is 16.7. The maximum Gasteiger partial charge on any atom is 0.329 e. The molecule has 3 aromatic rings. The van der Waals surface area contributed by atoms with E-state index in [9.17, 15) is 24.3 Å². The number of fused-ring (bicyclic) bond motifs is 2. The van der Waals surface area contributed by atoms with Gasteiger partial charge in [0.1, 0.15) is 11.3 Å². The fourth-order valence-electron chi connectivity index (χ4n) is 9.28. The van der Waals surface area contributed by atoms with Crippen molar-refractivity contribution in [2.24, 2.45) is 23.7 Å². The minimum Gasteiger partial charge on any atom is -0.496 e. The Morgan fingerprint density at radius 1 is 0.982 bits per heavy atom. The summed E-state index contributed by atoms with van der Waals surface area (Å²) in [5.74, 6) is -0.516. The number of nitrogens with zero attached hydrogens (tertiary/aromatic N) is 3. The highest BCUT2D eigenvalue weighted by molar-refractivity contribution is 5.98. The van der Waals surface area contributed by atoms with Crippen LogP contribution in [-0.2, 0) is 9.59 Å². The first-order valence-corrected chi connectivity index (χ1v) is 20.9. The van der Waals surface area contributed by atoms with Crippen LogP contribution in [0.15, 0.2) is 42.5 Å². The van der Waals surface area contributed by atoms with Gasteiger partial charge in [-0.1, -0.05) is 53.2 Å². The normalized spacial score (nSPS) is 21.6. The van der Waals surface area contributed by atoms with Crippen LogP contribution in [0.4, 0.5) is 0 Å². The average Bonchev–Trinajstić information content (AvgIpc) is 3.63. The van der Waals surface area contributed by atoms with Gasteiger partial charge in [0.25, 0.3) is 11.8 Å². The Morgan fingerprint density at radius 3 is 2.35 bits per heavy atom. The molecule has 1 aromatic heterocycles. The van der Waals surface area contributed by atoms with Crippen LogP contribution in [0.25, 0.3) is 16.9 Å². The van der Waals surface area contributed by atoms with E-state index >= 15 is 0 Å². The number of carbonyl (C=O) groups is 4. The second kappa shape index (κ2) is 19.2. The van der Waals surface area contributed by atoms with Crippen LogP contribution in [0.2, 0.25) is 0 Å². The van der Waals surface area contributed by atoms with E-state index in [4.69, 9.17) is 9.84 Å². The molecule has 2 aromatic carbocycles. The number of amides is 3. The van der Waals surface area contributed by atoms with E-state index in [2.05, 4.69) is 41.6 Å². The van der Waals surface area contributed by atoms with Gasteiger partial charge in [0.15, 0.2) is 5.69 Å². The zero-order valence-corrected chi connectivity index (χ0v) is 35.2. The molecular weight excluding hydrogens is 721 g/mol. The monoisotopic (exact) mass is 784 g/mol. The molecule has 0 radical (unpaired) electrons. The number of hydrogen-bond acceptors (Lipinski definition) is 7. The minimum absolute atomic E-state index is 0.0132. The Bertz CT molecular complexity index is 1900. The van der Waals surface area contributed by atoms with Gasteiger partial charge in [0.2, 0.25) is 5.91 Å². The van der Waals surface area contributed by atoms with E-state index in [0.29, 0.717) is 54.0 Å². The Kier molecular flexibility index (Phi) is 14.6.